The lowest BCUT2D eigenvalue weighted by molar-refractivity contribution is 0.407. The molecule has 0 aliphatic carbocycles. The maximum Gasteiger partial charge on any atom is 0.239 e. The Morgan fingerprint density at radius 1 is 1.47 bits per heavy atom. The Hall–Kier alpha value is -2.11. The van der Waals surface area contributed by atoms with E-state index in [1.807, 2.05) is 0 Å². The number of nitrogen functional groups attached to an aromatic ring is 1. The number of hydrogen-bond donors (Lipinski definition) is 1. The Balaban J connectivity index is 2.03. The van der Waals surface area contributed by atoms with Crippen molar-refractivity contribution in [1.29, 1.82) is 0 Å². The number of benzene rings is 1. The van der Waals surface area contributed by atoms with Crippen molar-refractivity contribution in [2.24, 2.45) is 0 Å². The van der Waals surface area contributed by atoms with Crippen LogP contribution in [0.1, 0.15) is 30.1 Å². The zero-order valence-corrected chi connectivity index (χ0v) is 10.6. The molecule has 1 atom stereocenters. The van der Waals surface area contributed by atoms with Crippen molar-refractivity contribution in [1.82, 2.24) is 14.8 Å². The average molecular weight is 262 g/mol. The molecule has 1 aliphatic heterocycles. The summed E-state index contributed by atoms with van der Waals surface area (Å²) in [7, 11) is 1.52. The molecule has 1 aliphatic rings. The Bertz CT molecular complexity index is 611. The second-order valence-corrected chi connectivity index (χ2v) is 4.63. The third-order valence-corrected chi connectivity index (χ3v) is 3.47. The largest absolute Gasteiger partial charge is 0.497 e. The van der Waals surface area contributed by atoms with Gasteiger partial charge in [0.2, 0.25) is 5.95 Å². The minimum absolute atomic E-state index is 0.0931. The van der Waals surface area contributed by atoms with E-state index in [1.165, 1.54) is 13.2 Å². The number of halogens is 1. The summed E-state index contributed by atoms with van der Waals surface area (Å²) < 4.78 is 20.9. The summed E-state index contributed by atoms with van der Waals surface area (Å²) >= 11 is 0. The molecular formula is C13H15FN4O. The van der Waals surface area contributed by atoms with Gasteiger partial charge in [0.05, 0.1) is 7.11 Å². The summed E-state index contributed by atoms with van der Waals surface area (Å²) in [5, 5.41) is 4.13. The maximum atomic E-state index is 14.2. The molecule has 1 aromatic heterocycles. The summed E-state index contributed by atoms with van der Waals surface area (Å²) in [6.45, 7) is 0.786. The topological polar surface area (TPSA) is 66.0 Å². The van der Waals surface area contributed by atoms with Gasteiger partial charge in [-0.1, -0.05) is 6.07 Å². The first-order valence-electron chi connectivity index (χ1n) is 6.22. The van der Waals surface area contributed by atoms with Gasteiger partial charge < -0.3 is 10.5 Å². The number of aromatic nitrogens is 3. The number of nitrogens with two attached hydrogens (primary N) is 1. The first kappa shape index (κ1) is 12.0. The number of anilines is 1. The highest BCUT2D eigenvalue weighted by molar-refractivity contribution is 5.35. The fourth-order valence-electron chi connectivity index (χ4n) is 2.58. The Morgan fingerprint density at radius 2 is 2.32 bits per heavy atom. The van der Waals surface area contributed by atoms with Crippen LogP contribution in [0, 0.1) is 5.82 Å². The van der Waals surface area contributed by atoms with Gasteiger partial charge in [0.15, 0.2) is 0 Å². The van der Waals surface area contributed by atoms with Crippen LogP contribution in [0.4, 0.5) is 10.3 Å². The van der Waals surface area contributed by atoms with E-state index in [-0.39, 0.29) is 17.7 Å². The zero-order chi connectivity index (χ0) is 13.4. The van der Waals surface area contributed by atoms with Crippen LogP contribution in [-0.4, -0.2) is 21.9 Å². The zero-order valence-electron chi connectivity index (χ0n) is 10.6. The van der Waals surface area contributed by atoms with Gasteiger partial charge in [-0.05, 0) is 24.5 Å². The maximum absolute atomic E-state index is 14.2. The van der Waals surface area contributed by atoms with Crippen LogP contribution in [-0.2, 0) is 6.54 Å². The Kier molecular flexibility index (Phi) is 2.85. The summed E-state index contributed by atoms with van der Waals surface area (Å²) in [4.78, 5) is 4.22. The lowest BCUT2D eigenvalue weighted by Gasteiger charge is -2.22. The summed E-state index contributed by atoms with van der Waals surface area (Å²) in [6.07, 6.45) is 1.79. The van der Waals surface area contributed by atoms with Gasteiger partial charge in [0, 0.05) is 18.5 Å². The lowest BCUT2D eigenvalue weighted by atomic mass is 9.91. The molecule has 3 rings (SSSR count). The van der Waals surface area contributed by atoms with Crippen LogP contribution in [0.5, 0.6) is 5.75 Å². The SMILES string of the molecule is COc1ccc(C2CCCn3nc(N)nc32)c(F)c1. The number of hydrogen-bond acceptors (Lipinski definition) is 4. The van der Waals surface area contributed by atoms with Gasteiger partial charge >= 0.3 is 0 Å². The van der Waals surface area contributed by atoms with Crippen LogP contribution in [0.2, 0.25) is 0 Å². The van der Waals surface area contributed by atoms with Gasteiger partial charge in [-0.15, -0.1) is 5.10 Å². The van der Waals surface area contributed by atoms with E-state index in [4.69, 9.17) is 10.5 Å². The quantitative estimate of drug-likeness (QED) is 0.898. The molecule has 2 N–H and O–H groups in total. The predicted molar refractivity (Wildman–Crippen MR) is 68.5 cm³/mol. The first-order chi connectivity index (χ1) is 9.19. The smallest absolute Gasteiger partial charge is 0.239 e. The van der Waals surface area contributed by atoms with Crippen LogP contribution in [0.25, 0.3) is 0 Å². The monoisotopic (exact) mass is 262 g/mol. The summed E-state index contributed by atoms with van der Waals surface area (Å²) in [5.74, 6) is 1.13. The van der Waals surface area contributed by atoms with Crippen molar-refractivity contribution in [3.63, 3.8) is 0 Å². The van der Waals surface area contributed by atoms with E-state index >= 15 is 0 Å². The van der Waals surface area contributed by atoms with E-state index in [0.29, 0.717) is 11.3 Å². The van der Waals surface area contributed by atoms with E-state index in [1.54, 1.807) is 16.8 Å². The van der Waals surface area contributed by atoms with Crippen molar-refractivity contribution in [3.05, 3.63) is 35.4 Å². The van der Waals surface area contributed by atoms with Gasteiger partial charge in [-0.2, -0.15) is 4.98 Å². The average Bonchev–Trinajstić information content (AvgIpc) is 2.78. The first-order valence-corrected chi connectivity index (χ1v) is 6.22. The minimum Gasteiger partial charge on any atom is -0.497 e. The molecule has 5 nitrogen and oxygen atoms in total. The number of fused-ring (bicyclic) bond motifs is 1. The third kappa shape index (κ3) is 2.03. The molecular weight excluding hydrogens is 247 g/mol. The predicted octanol–water partition coefficient (Wildman–Crippen LogP) is 1.93. The molecule has 0 amide bonds. The molecule has 0 saturated heterocycles. The van der Waals surface area contributed by atoms with Crippen molar-refractivity contribution < 1.29 is 9.13 Å². The molecule has 0 radical (unpaired) electrons. The number of aryl methyl sites for hydroxylation is 1. The van der Waals surface area contributed by atoms with Gasteiger partial charge in [-0.3, -0.25) is 0 Å². The Morgan fingerprint density at radius 3 is 3.05 bits per heavy atom. The Labute approximate surface area is 110 Å². The fourth-order valence-corrected chi connectivity index (χ4v) is 2.58. The molecule has 100 valence electrons. The third-order valence-electron chi connectivity index (χ3n) is 3.47. The van der Waals surface area contributed by atoms with E-state index in [0.717, 1.165) is 25.2 Å². The molecule has 0 saturated carbocycles. The van der Waals surface area contributed by atoms with Crippen molar-refractivity contribution in [2.45, 2.75) is 25.3 Å². The number of nitrogens with zero attached hydrogens (tertiary/aromatic N) is 3. The number of ether oxygens (including phenoxy) is 1. The van der Waals surface area contributed by atoms with Gasteiger partial charge in [0.1, 0.15) is 17.4 Å². The van der Waals surface area contributed by atoms with Crippen LogP contribution in [0.3, 0.4) is 0 Å². The van der Waals surface area contributed by atoms with Crippen LogP contribution < -0.4 is 10.5 Å². The highest BCUT2D eigenvalue weighted by Crippen LogP contribution is 2.34. The fraction of sp³-hybridized carbons (Fsp3) is 0.385. The molecule has 2 aromatic rings. The van der Waals surface area contributed by atoms with Crippen molar-refractivity contribution >= 4 is 5.95 Å². The molecule has 1 unspecified atom stereocenters. The lowest BCUT2D eigenvalue weighted by Crippen LogP contribution is -2.18. The number of methoxy groups -OCH3 is 1. The molecule has 2 heterocycles. The molecule has 6 heteroatoms. The minimum atomic E-state index is -0.278. The molecule has 0 spiro atoms. The molecule has 0 bridgehead atoms. The summed E-state index contributed by atoms with van der Waals surface area (Å²) in [6, 6.07) is 4.91. The molecule has 1 aromatic carbocycles. The number of rotatable bonds is 2. The second kappa shape index (κ2) is 4.53. The summed E-state index contributed by atoms with van der Waals surface area (Å²) in [5.41, 5.74) is 6.25. The van der Waals surface area contributed by atoms with Crippen LogP contribution >= 0.6 is 0 Å². The van der Waals surface area contributed by atoms with E-state index in [9.17, 15) is 4.39 Å². The highest BCUT2D eigenvalue weighted by atomic mass is 19.1. The molecule has 19 heavy (non-hydrogen) atoms. The second-order valence-electron chi connectivity index (χ2n) is 4.63. The van der Waals surface area contributed by atoms with Crippen LogP contribution in [0.15, 0.2) is 18.2 Å². The standard InChI is InChI=1S/C13H15FN4O/c1-19-8-4-5-9(11(14)7-8)10-3-2-6-18-12(10)16-13(15)17-18/h4-5,7,10H,2-3,6H2,1H3,(H2,15,17). The molecule has 0 fully saturated rings. The highest BCUT2D eigenvalue weighted by Gasteiger charge is 2.27. The van der Waals surface area contributed by atoms with Crippen molar-refractivity contribution in [2.75, 3.05) is 12.8 Å². The van der Waals surface area contributed by atoms with E-state index in [2.05, 4.69) is 10.1 Å². The van der Waals surface area contributed by atoms with Gasteiger partial charge in [0.25, 0.3) is 0 Å². The van der Waals surface area contributed by atoms with E-state index < -0.39 is 0 Å². The van der Waals surface area contributed by atoms with Gasteiger partial charge in [-0.25, -0.2) is 9.07 Å². The normalized spacial score (nSPS) is 18.1. The van der Waals surface area contributed by atoms with Crippen molar-refractivity contribution in [3.8, 4) is 5.75 Å².